The molecule has 0 saturated heterocycles. The fraction of sp³-hybridized carbons (Fsp3) is 0.250. The first-order valence-corrected chi connectivity index (χ1v) is 5.19. The Kier molecular flexibility index (Phi) is 2.56. The number of fused-ring (bicyclic) bond motifs is 1. The molecule has 0 aliphatic heterocycles. The minimum Gasteiger partial charge on any atom is -0.462 e. The number of nitrogens with two attached hydrogens (primary N) is 1. The Morgan fingerprint density at radius 2 is 2.12 bits per heavy atom. The lowest BCUT2D eigenvalue weighted by Crippen LogP contribution is -2.12. The van der Waals surface area contributed by atoms with E-state index in [1.807, 2.05) is 31.2 Å². The van der Waals surface area contributed by atoms with Gasteiger partial charge >= 0.3 is 5.97 Å². The summed E-state index contributed by atoms with van der Waals surface area (Å²) in [5.41, 5.74) is 2.11. The van der Waals surface area contributed by atoms with Crippen LogP contribution >= 0.6 is 0 Å². The van der Waals surface area contributed by atoms with Crippen molar-refractivity contribution in [1.29, 1.82) is 0 Å². The van der Waals surface area contributed by atoms with Crippen molar-refractivity contribution in [2.45, 2.75) is 13.8 Å². The Hall–Kier alpha value is -1.97. The smallest absolute Gasteiger partial charge is 0.340 e. The largest absolute Gasteiger partial charge is 0.462 e. The van der Waals surface area contributed by atoms with E-state index in [2.05, 4.69) is 0 Å². The molecule has 1 heterocycles. The van der Waals surface area contributed by atoms with Gasteiger partial charge in [0.2, 0.25) is 0 Å². The molecule has 0 unspecified atom stereocenters. The summed E-state index contributed by atoms with van der Waals surface area (Å²) in [5.74, 6) is 5.56. The van der Waals surface area contributed by atoms with Crippen LogP contribution in [0.1, 0.15) is 23.0 Å². The van der Waals surface area contributed by atoms with Gasteiger partial charge in [0.05, 0.1) is 23.4 Å². The van der Waals surface area contributed by atoms with E-state index in [-0.39, 0.29) is 5.97 Å². The fourth-order valence-corrected chi connectivity index (χ4v) is 1.85. The molecule has 0 aliphatic rings. The number of benzene rings is 1. The Balaban J connectivity index is 2.68. The molecule has 1 aromatic carbocycles. The summed E-state index contributed by atoms with van der Waals surface area (Å²) >= 11 is 0. The highest BCUT2D eigenvalue weighted by molar-refractivity contribution is 6.05. The van der Waals surface area contributed by atoms with Crippen molar-refractivity contribution in [3.63, 3.8) is 0 Å². The van der Waals surface area contributed by atoms with Crippen molar-refractivity contribution >= 4 is 16.9 Å². The first-order chi connectivity index (χ1) is 7.66. The zero-order valence-electron chi connectivity index (χ0n) is 9.36. The fourth-order valence-electron chi connectivity index (χ4n) is 1.85. The molecule has 0 radical (unpaired) electrons. The molecule has 0 aliphatic carbocycles. The lowest BCUT2D eigenvalue weighted by atomic mass is 10.1. The lowest BCUT2D eigenvalue weighted by molar-refractivity contribution is 0.0527. The number of aromatic nitrogens is 1. The minimum atomic E-state index is -0.319. The van der Waals surface area contributed by atoms with Crippen molar-refractivity contribution < 1.29 is 9.53 Å². The van der Waals surface area contributed by atoms with Crippen LogP contribution in [0.15, 0.2) is 24.3 Å². The molecule has 0 saturated carbocycles. The second kappa shape index (κ2) is 3.89. The number of ether oxygens (including phenoxy) is 1. The quantitative estimate of drug-likeness (QED) is 0.618. The number of para-hydroxylation sites is 1. The number of hydrogen-bond donors (Lipinski definition) is 1. The van der Waals surface area contributed by atoms with E-state index in [0.29, 0.717) is 12.2 Å². The van der Waals surface area contributed by atoms with Crippen LogP contribution in [-0.4, -0.2) is 17.3 Å². The van der Waals surface area contributed by atoms with Gasteiger partial charge in [0, 0.05) is 5.39 Å². The molecule has 2 aromatic rings. The number of nitrogen functional groups attached to an aromatic ring is 1. The predicted octanol–water partition coefficient (Wildman–Crippen LogP) is 1.84. The standard InChI is InChI=1S/C12H14N2O2/c1-3-16-12(15)11-8(2)14(13)10-7-5-4-6-9(10)11/h4-7H,3,13H2,1-2H3. The van der Waals surface area contributed by atoms with Crippen LogP contribution < -0.4 is 5.84 Å². The average molecular weight is 218 g/mol. The number of rotatable bonds is 2. The molecular formula is C12H14N2O2. The van der Waals surface area contributed by atoms with Crippen LogP contribution in [0.5, 0.6) is 0 Å². The van der Waals surface area contributed by atoms with Crippen LogP contribution in [0.2, 0.25) is 0 Å². The Morgan fingerprint density at radius 1 is 1.44 bits per heavy atom. The first kappa shape index (κ1) is 10.5. The van der Waals surface area contributed by atoms with E-state index in [1.54, 1.807) is 6.92 Å². The molecule has 4 heteroatoms. The SMILES string of the molecule is CCOC(=O)c1c(C)n(N)c2ccccc12. The lowest BCUT2D eigenvalue weighted by Gasteiger charge is -2.01. The van der Waals surface area contributed by atoms with Gasteiger partial charge in [-0.2, -0.15) is 0 Å². The summed E-state index contributed by atoms with van der Waals surface area (Å²) in [6, 6.07) is 7.52. The third kappa shape index (κ3) is 1.43. The van der Waals surface area contributed by atoms with E-state index >= 15 is 0 Å². The molecule has 1 aromatic heterocycles. The van der Waals surface area contributed by atoms with Gasteiger partial charge in [-0.3, -0.25) is 4.68 Å². The molecule has 0 fully saturated rings. The molecule has 2 rings (SSSR count). The molecule has 2 N–H and O–H groups in total. The number of nitrogens with zero attached hydrogens (tertiary/aromatic N) is 1. The maximum atomic E-state index is 11.8. The molecule has 0 atom stereocenters. The average Bonchev–Trinajstić information content (AvgIpc) is 2.53. The van der Waals surface area contributed by atoms with Crippen molar-refractivity contribution in [3.05, 3.63) is 35.5 Å². The van der Waals surface area contributed by atoms with Crippen LogP contribution in [0.3, 0.4) is 0 Å². The van der Waals surface area contributed by atoms with Crippen LogP contribution in [0.4, 0.5) is 0 Å². The highest BCUT2D eigenvalue weighted by atomic mass is 16.5. The van der Waals surface area contributed by atoms with Gasteiger partial charge in [0.25, 0.3) is 0 Å². The second-order valence-corrected chi connectivity index (χ2v) is 3.57. The van der Waals surface area contributed by atoms with Crippen molar-refractivity contribution in [2.24, 2.45) is 0 Å². The summed E-state index contributed by atoms with van der Waals surface area (Å²) < 4.78 is 6.54. The van der Waals surface area contributed by atoms with Crippen molar-refractivity contribution in [1.82, 2.24) is 4.68 Å². The molecule has 0 spiro atoms. The maximum absolute atomic E-state index is 11.8. The highest BCUT2D eigenvalue weighted by Crippen LogP contribution is 2.24. The number of carbonyl (C=O) groups is 1. The normalized spacial score (nSPS) is 10.6. The predicted molar refractivity (Wildman–Crippen MR) is 62.8 cm³/mol. The van der Waals surface area contributed by atoms with E-state index in [1.165, 1.54) is 4.68 Å². The molecule has 16 heavy (non-hydrogen) atoms. The third-order valence-corrected chi connectivity index (χ3v) is 2.64. The van der Waals surface area contributed by atoms with Gasteiger partial charge in [0.1, 0.15) is 0 Å². The number of carbonyl (C=O) groups excluding carboxylic acids is 1. The Morgan fingerprint density at radius 3 is 2.81 bits per heavy atom. The summed E-state index contributed by atoms with van der Waals surface area (Å²) in [6.07, 6.45) is 0. The van der Waals surface area contributed by atoms with Gasteiger partial charge in [-0.1, -0.05) is 18.2 Å². The second-order valence-electron chi connectivity index (χ2n) is 3.57. The minimum absolute atomic E-state index is 0.319. The first-order valence-electron chi connectivity index (χ1n) is 5.19. The van der Waals surface area contributed by atoms with Gasteiger partial charge < -0.3 is 10.6 Å². The molecular weight excluding hydrogens is 204 g/mol. The topological polar surface area (TPSA) is 57.2 Å². The zero-order chi connectivity index (χ0) is 11.7. The van der Waals surface area contributed by atoms with Crippen molar-refractivity contribution in [2.75, 3.05) is 12.4 Å². The highest BCUT2D eigenvalue weighted by Gasteiger charge is 2.19. The van der Waals surface area contributed by atoms with Gasteiger partial charge in [0.15, 0.2) is 0 Å². The van der Waals surface area contributed by atoms with E-state index in [0.717, 1.165) is 16.6 Å². The van der Waals surface area contributed by atoms with Crippen LogP contribution in [0.25, 0.3) is 10.9 Å². The summed E-state index contributed by atoms with van der Waals surface area (Å²) in [4.78, 5) is 11.8. The summed E-state index contributed by atoms with van der Waals surface area (Å²) in [5, 5.41) is 0.834. The van der Waals surface area contributed by atoms with Crippen LogP contribution in [-0.2, 0) is 4.74 Å². The molecule has 84 valence electrons. The summed E-state index contributed by atoms with van der Waals surface area (Å²) in [6.45, 7) is 3.96. The third-order valence-electron chi connectivity index (χ3n) is 2.64. The molecule has 0 bridgehead atoms. The van der Waals surface area contributed by atoms with Gasteiger partial charge in [-0.15, -0.1) is 0 Å². The number of esters is 1. The van der Waals surface area contributed by atoms with E-state index in [9.17, 15) is 4.79 Å². The van der Waals surface area contributed by atoms with E-state index < -0.39 is 0 Å². The van der Waals surface area contributed by atoms with Crippen molar-refractivity contribution in [3.8, 4) is 0 Å². The molecule has 0 amide bonds. The van der Waals surface area contributed by atoms with Gasteiger partial charge in [-0.25, -0.2) is 4.79 Å². The number of hydrogen-bond acceptors (Lipinski definition) is 3. The van der Waals surface area contributed by atoms with E-state index in [4.69, 9.17) is 10.6 Å². The monoisotopic (exact) mass is 218 g/mol. The Labute approximate surface area is 93.6 Å². The maximum Gasteiger partial charge on any atom is 0.340 e. The molecule has 4 nitrogen and oxygen atoms in total. The Bertz CT molecular complexity index is 543. The van der Waals surface area contributed by atoms with Crippen LogP contribution in [0, 0.1) is 6.92 Å². The zero-order valence-corrected chi connectivity index (χ0v) is 9.36. The van der Waals surface area contributed by atoms with Gasteiger partial charge in [-0.05, 0) is 19.9 Å². The summed E-state index contributed by atoms with van der Waals surface area (Å²) in [7, 11) is 0.